The van der Waals surface area contributed by atoms with Gasteiger partial charge in [-0.3, -0.25) is 9.59 Å². The number of nitrogens with zero attached hydrogens (tertiary/aromatic N) is 1. The highest BCUT2D eigenvalue weighted by Gasteiger charge is 2.19. The lowest BCUT2D eigenvalue weighted by Crippen LogP contribution is -2.35. The van der Waals surface area contributed by atoms with Gasteiger partial charge >= 0.3 is 0 Å². The van der Waals surface area contributed by atoms with Gasteiger partial charge in [-0.05, 0) is 54.3 Å². The van der Waals surface area contributed by atoms with Crippen LogP contribution in [0.1, 0.15) is 38.3 Å². The summed E-state index contributed by atoms with van der Waals surface area (Å²) in [4.78, 5) is 27.5. The van der Waals surface area contributed by atoms with Gasteiger partial charge in [0, 0.05) is 18.7 Å². The van der Waals surface area contributed by atoms with Crippen LogP contribution in [0.5, 0.6) is 5.75 Å². The summed E-state index contributed by atoms with van der Waals surface area (Å²) >= 11 is 0. The molecule has 164 valence electrons. The van der Waals surface area contributed by atoms with Gasteiger partial charge in [-0.2, -0.15) is 0 Å². The number of aryl methyl sites for hydroxylation is 1. The number of ether oxygens (including phenoxy) is 1. The first-order chi connectivity index (χ1) is 15.6. The van der Waals surface area contributed by atoms with Crippen molar-refractivity contribution in [1.29, 1.82) is 0 Å². The second kappa shape index (κ2) is 10.1. The van der Waals surface area contributed by atoms with E-state index >= 15 is 0 Å². The molecule has 0 spiro atoms. The van der Waals surface area contributed by atoms with Gasteiger partial charge in [0.25, 0.3) is 11.8 Å². The van der Waals surface area contributed by atoms with E-state index < -0.39 is 5.82 Å². The Balaban J connectivity index is 1.64. The van der Waals surface area contributed by atoms with E-state index in [9.17, 15) is 14.0 Å². The summed E-state index contributed by atoms with van der Waals surface area (Å²) in [6, 6.07) is 20.7. The fraction of sp³-hybridized carbons (Fsp3) is 0.231. The third-order valence-corrected chi connectivity index (χ3v) is 5.50. The molecule has 0 saturated carbocycles. The largest absolute Gasteiger partial charge is 0.491 e. The average molecular weight is 432 g/mol. The molecular formula is C26H25FN2O3. The Morgan fingerprint density at radius 1 is 0.969 bits per heavy atom. The first-order valence-corrected chi connectivity index (χ1v) is 10.7. The predicted octanol–water partition coefficient (Wildman–Crippen LogP) is 4.22. The number of benzene rings is 3. The maximum absolute atomic E-state index is 13.7. The lowest BCUT2D eigenvalue weighted by atomic mass is 10.0. The summed E-state index contributed by atoms with van der Waals surface area (Å²) in [5, 5.41) is 2.96. The Labute approximate surface area is 186 Å². The van der Waals surface area contributed by atoms with Gasteiger partial charge in [0.15, 0.2) is 0 Å². The van der Waals surface area contributed by atoms with E-state index in [-0.39, 0.29) is 18.4 Å². The van der Waals surface area contributed by atoms with Crippen LogP contribution in [0.2, 0.25) is 0 Å². The molecule has 0 bridgehead atoms. The second-order valence-electron chi connectivity index (χ2n) is 7.71. The number of carbonyl (C=O) groups excluding carboxylic acids is 2. The molecule has 0 aliphatic carbocycles. The van der Waals surface area contributed by atoms with E-state index in [0.717, 1.165) is 24.0 Å². The first kappa shape index (κ1) is 21.6. The van der Waals surface area contributed by atoms with Gasteiger partial charge in [0.2, 0.25) is 0 Å². The van der Waals surface area contributed by atoms with Crippen LogP contribution in [0.15, 0.2) is 72.8 Å². The molecule has 0 radical (unpaired) electrons. The van der Waals surface area contributed by atoms with Gasteiger partial charge in [0.05, 0.1) is 12.1 Å². The smallest absolute Gasteiger partial charge is 0.255 e. The normalized spacial score (nSPS) is 14.9. The van der Waals surface area contributed by atoms with E-state index in [1.54, 1.807) is 35.2 Å². The minimum Gasteiger partial charge on any atom is -0.491 e. The molecule has 1 N–H and O–H groups in total. The van der Waals surface area contributed by atoms with Gasteiger partial charge in [-0.1, -0.05) is 42.5 Å². The number of amides is 2. The van der Waals surface area contributed by atoms with Gasteiger partial charge < -0.3 is 15.0 Å². The van der Waals surface area contributed by atoms with Crippen LogP contribution in [0, 0.1) is 5.82 Å². The van der Waals surface area contributed by atoms with E-state index in [4.69, 9.17) is 4.74 Å². The zero-order valence-corrected chi connectivity index (χ0v) is 17.7. The highest BCUT2D eigenvalue weighted by Crippen LogP contribution is 2.20. The molecule has 0 saturated heterocycles. The van der Waals surface area contributed by atoms with Crippen molar-refractivity contribution in [2.45, 2.75) is 19.4 Å². The number of para-hydroxylation sites is 1. The van der Waals surface area contributed by atoms with Crippen LogP contribution in [0.4, 0.5) is 4.39 Å². The highest BCUT2D eigenvalue weighted by atomic mass is 19.1. The van der Waals surface area contributed by atoms with Crippen molar-refractivity contribution in [3.05, 3.63) is 101 Å². The first-order valence-electron chi connectivity index (χ1n) is 10.7. The number of hydrogen-bond acceptors (Lipinski definition) is 3. The van der Waals surface area contributed by atoms with E-state index in [1.807, 2.05) is 24.3 Å². The van der Waals surface area contributed by atoms with Crippen LogP contribution in [-0.4, -0.2) is 36.4 Å². The number of carbonyl (C=O) groups is 2. The van der Waals surface area contributed by atoms with Crippen molar-refractivity contribution in [2.24, 2.45) is 0 Å². The summed E-state index contributed by atoms with van der Waals surface area (Å²) in [5.41, 5.74) is 2.91. The lowest BCUT2D eigenvalue weighted by Gasteiger charge is -2.25. The molecule has 3 aromatic rings. The molecule has 0 unspecified atom stereocenters. The SMILES string of the molecule is O=C1NCCCc2ccccc2CN(C(=O)c2cccc(F)c2)CCOc2ccccc21. The summed E-state index contributed by atoms with van der Waals surface area (Å²) in [7, 11) is 0. The lowest BCUT2D eigenvalue weighted by molar-refractivity contribution is 0.0713. The van der Waals surface area contributed by atoms with Crippen LogP contribution in [0.25, 0.3) is 0 Å². The van der Waals surface area contributed by atoms with Crippen LogP contribution < -0.4 is 10.1 Å². The zero-order valence-electron chi connectivity index (χ0n) is 17.7. The molecule has 32 heavy (non-hydrogen) atoms. The van der Waals surface area contributed by atoms with E-state index in [2.05, 4.69) is 5.32 Å². The highest BCUT2D eigenvalue weighted by molar-refractivity contribution is 5.97. The summed E-state index contributed by atoms with van der Waals surface area (Å²) in [6.45, 7) is 1.42. The average Bonchev–Trinajstić information content (AvgIpc) is 2.81. The Hall–Kier alpha value is -3.67. The Kier molecular flexibility index (Phi) is 6.80. The minimum absolute atomic E-state index is 0.182. The van der Waals surface area contributed by atoms with Gasteiger partial charge in [-0.25, -0.2) is 4.39 Å². The molecule has 0 fully saturated rings. The maximum Gasteiger partial charge on any atom is 0.255 e. The molecule has 4 rings (SSSR count). The molecule has 1 aliphatic heterocycles. The number of fused-ring (bicyclic) bond motifs is 2. The summed E-state index contributed by atoms with van der Waals surface area (Å²) < 4.78 is 19.7. The molecule has 5 nitrogen and oxygen atoms in total. The van der Waals surface area contributed by atoms with Crippen molar-refractivity contribution < 1.29 is 18.7 Å². The summed E-state index contributed by atoms with van der Waals surface area (Å²) in [6.07, 6.45) is 1.54. The summed E-state index contributed by atoms with van der Waals surface area (Å²) in [5.74, 6) is -0.421. The predicted molar refractivity (Wildman–Crippen MR) is 120 cm³/mol. The molecule has 0 atom stereocenters. The third-order valence-electron chi connectivity index (χ3n) is 5.50. The van der Waals surface area contributed by atoms with Crippen molar-refractivity contribution in [2.75, 3.05) is 19.7 Å². The molecule has 2 amide bonds. The number of nitrogens with one attached hydrogen (secondary N) is 1. The number of halogens is 1. The van der Waals surface area contributed by atoms with E-state index in [0.29, 0.717) is 36.5 Å². The van der Waals surface area contributed by atoms with Crippen LogP contribution in [-0.2, 0) is 13.0 Å². The molecule has 6 heteroatoms. The standard InChI is InChI=1S/C26H25FN2O3/c27-22-11-5-9-20(17-22)26(31)29-15-16-32-24-13-4-3-12-23(24)25(30)28-14-6-10-19-7-1-2-8-21(19)18-29/h1-5,7-9,11-13,17H,6,10,14-16,18H2,(H,28,30). The second-order valence-corrected chi connectivity index (χ2v) is 7.71. The molecule has 3 aromatic carbocycles. The van der Waals surface area contributed by atoms with Crippen molar-refractivity contribution in [3.63, 3.8) is 0 Å². The van der Waals surface area contributed by atoms with Crippen LogP contribution >= 0.6 is 0 Å². The third kappa shape index (κ3) is 5.14. The quantitative estimate of drug-likeness (QED) is 0.626. The van der Waals surface area contributed by atoms with Gasteiger partial charge in [-0.15, -0.1) is 0 Å². The zero-order chi connectivity index (χ0) is 22.3. The van der Waals surface area contributed by atoms with Crippen LogP contribution in [0.3, 0.4) is 0 Å². The molecular weight excluding hydrogens is 407 g/mol. The maximum atomic E-state index is 13.7. The number of rotatable bonds is 1. The van der Waals surface area contributed by atoms with Crippen molar-refractivity contribution >= 4 is 11.8 Å². The minimum atomic E-state index is -0.450. The van der Waals surface area contributed by atoms with Gasteiger partial charge in [0.1, 0.15) is 18.2 Å². The molecule has 0 aromatic heterocycles. The molecule has 1 heterocycles. The fourth-order valence-corrected chi connectivity index (χ4v) is 3.84. The fourth-order valence-electron chi connectivity index (χ4n) is 3.84. The Morgan fingerprint density at radius 3 is 2.59 bits per heavy atom. The monoisotopic (exact) mass is 432 g/mol. The number of hydrogen-bond donors (Lipinski definition) is 1. The Bertz CT molecular complexity index is 1120. The van der Waals surface area contributed by atoms with E-state index in [1.165, 1.54) is 18.2 Å². The topological polar surface area (TPSA) is 58.6 Å². The molecule has 1 aliphatic rings. The van der Waals surface area contributed by atoms with Crippen molar-refractivity contribution in [1.82, 2.24) is 10.2 Å². The Morgan fingerprint density at radius 2 is 1.75 bits per heavy atom. The van der Waals surface area contributed by atoms with Crippen molar-refractivity contribution in [3.8, 4) is 5.75 Å².